The predicted octanol–water partition coefficient (Wildman–Crippen LogP) is 2.47. The van der Waals surface area contributed by atoms with Crippen molar-refractivity contribution in [3.05, 3.63) is 28.8 Å². The third-order valence-corrected chi connectivity index (χ3v) is 3.66. The molecule has 4 nitrogen and oxygen atoms in total. The van der Waals surface area contributed by atoms with Crippen LogP contribution in [0.1, 0.15) is 29.5 Å². The molecule has 1 aromatic heterocycles. The van der Waals surface area contributed by atoms with Crippen LogP contribution in [0.25, 0.3) is 10.2 Å². The molecule has 2 aromatic rings. The first-order valence-electron chi connectivity index (χ1n) is 5.41. The zero-order valence-corrected chi connectivity index (χ0v) is 10.3. The Hall–Kier alpha value is -1.46. The lowest BCUT2D eigenvalue weighted by Crippen LogP contribution is -2.12. The second kappa shape index (κ2) is 4.81. The Morgan fingerprint density at radius 2 is 2.35 bits per heavy atom. The topological polar surface area (TPSA) is 76.2 Å². The van der Waals surface area contributed by atoms with Gasteiger partial charge in [-0.25, -0.2) is 4.98 Å². The summed E-state index contributed by atoms with van der Waals surface area (Å²) < 4.78 is 1.07. The van der Waals surface area contributed by atoms with Crippen LogP contribution >= 0.6 is 11.3 Å². The highest BCUT2D eigenvalue weighted by Crippen LogP contribution is 2.30. The second-order valence-corrected chi connectivity index (χ2v) is 5.17. The van der Waals surface area contributed by atoms with Gasteiger partial charge in [-0.3, -0.25) is 4.79 Å². The van der Waals surface area contributed by atoms with Gasteiger partial charge in [0.1, 0.15) is 0 Å². The normalized spacial score (nSPS) is 12.8. The maximum absolute atomic E-state index is 10.5. The number of nitrogens with zero attached hydrogens (tertiary/aromatic N) is 1. The first kappa shape index (κ1) is 12.0. The summed E-state index contributed by atoms with van der Waals surface area (Å²) in [5, 5.41) is 9.66. The van der Waals surface area contributed by atoms with Gasteiger partial charge in [0.25, 0.3) is 0 Å². The van der Waals surface area contributed by atoms with Gasteiger partial charge >= 0.3 is 5.97 Å². The van der Waals surface area contributed by atoms with E-state index in [0.717, 1.165) is 20.8 Å². The van der Waals surface area contributed by atoms with Gasteiger partial charge < -0.3 is 10.8 Å². The Morgan fingerprint density at radius 3 is 3.06 bits per heavy atom. The highest BCUT2D eigenvalue weighted by molar-refractivity contribution is 7.18. The minimum absolute atomic E-state index is 0.0926. The van der Waals surface area contributed by atoms with Crippen molar-refractivity contribution in [1.29, 1.82) is 0 Å². The Balaban J connectivity index is 2.30. The Bertz CT molecular complexity index is 550. The van der Waals surface area contributed by atoms with E-state index in [4.69, 9.17) is 10.8 Å². The summed E-state index contributed by atoms with van der Waals surface area (Å²) in [5.74, 6) is -0.812. The van der Waals surface area contributed by atoms with Crippen molar-refractivity contribution in [2.24, 2.45) is 5.73 Å². The number of carbonyl (C=O) groups is 1. The zero-order chi connectivity index (χ0) is 12.4. The maximum atomic E-state index is 10.5. The molecule has 3 N–H and O–H groups in total. The number of carboxylic acids is 1. The molecule has 1 aromatic carbocycles. The zero-order valence-electron chi connectivity index (χ0n) is 9.51. The molecule has 2 rings (SSSR count). The molecule has 1 heterocycles. The lowest BCUT2D eigenvalue weighted by Gasteiger charge is -2.11. The number of carboxylic acid groups (broad SMARTS) is 1. The van der Waals surface area contributed by atoms with Crippen LogP contribution in [0, 0.1) is 6.92 Å². The van der Waals surface area contributed by atoms with Crippen LogP contribution in [-0.2, 0) is 4.79 Å². The van der Waals surface area contributed by atoms with E-state index < -0.39 is 5.97 Å². The van der Waals surface area contributed by atoms with Crippen molar-refractivity contribution in [2.75, 3.05) is 0 Å². The quantitative estimate of drug-likeness (QED) is 0.874. The Labute approximate surface area is 103 Å². The molecule has 0 aliphatic carbocycles. The maximum Gasteiger partial charge on any atom is 0.303 e. The van der Waals surface area contributed by atoms with Gasteiger partial charge in [0, 0.05) is 12.5 Å². The van der Waals surface area contributed by atoms with Crippen LogP contribution in [0.3, 0.4) is 0 Å². The van der Waals surface area contributed by atoms with E-state index in [-0.39, 0.29) is 12.5 Å². The van der Waals surface area contributed by atoms with Gasteiger partial charge in [-0.05, 0) is 25.0 Å². The summed E-state index contributed by atoms with van der Waals surface area (Å²) in [6.45, 7) is 1.96. The van der Waals surface area contributed by atoms with Crippen molar-refractivity contribution >= 4 is 27.5 Å². The highest BCUT2D eigenvalue weighted by Gasteiger charge is 2.13. The Kier molecular flexibility index (Phi) is 3.40. The molecule has 0 spiro atoms. The lowest BCUT2D eigenvalue weighted by molar-refractivity contribution is -0.137. The van der Waals surface area contributed by atoms with Crippen LogP contribution in [0.2, 0.25) is 0 Å². The van der Waals surface area contributed by atoms with Gasteiger partial charge in [0.15, 0.2) is 0 Å². The predicted molar refractivity (Wildman–Crippen MR) is 68.2 cm³/mol. The third kappa shape index (κ3) is 2.62. The van der Waals surface area contributed by atoms with Crippen molar-refractivity contribution in [3.63, 3.8) is 0 Å². The van der Waals surface area contributed by atoms with Crippen LogP contribution in [0.5, 0.6) is 0 Å². The van der Waals surface area contributed by atoms with E-state index in [1.165, 1.54) is 0 Å². The summed E-state index contributed by atoms with van der Waals surface area (Å²) >= 11 is 1.60. The number of rotatable bonds is 4. The van der Waals surface area contributed by atoms with Crippen LogP contribution < -0.4 is 5.73 Å². The monoisotopic (exact) mass is 250 g/mol. The summed E-state index contributed by atoms with van der Waals surface area (Å²) in [6, 6.07) is 5.57. The summed E-state index contributed by atoms with van der Waals surface area (Å²) in [4.78, 5) is 14.9. The molecule has 0 amide bonds. The Morgan fingerprint density at radius 1 is 1.59 bits per heavy atom. The molecule has 90 valence electrons. The van der Waals surface area contributed by atoms with E-state index in [1.54, 1.807) is 11.3 Å². The minimum Gasteiger partial charge on any atom is -0.481 e. The number of benzene rings is 1. The molecule has 1 atom stereocenters. The fourth-order valence-corrected chi connectivity index (χ4v) is 2.80. The standard InChI is InChI=1S/C12H14N2O2S/c1-7-14-10-4-2-3-8(12(10)17-7)9(13)5-6-11(15)16/h2-4,9H,5-6,13H2,1H3,(H,15,16). The third-order valence-electron chi connectivity index (χ3n) is 2.62. The smallest absolute Gasteiger partial charge is 0.303 e. The molecule has 0 aliphatic heterocycles. The molecule has 0 radical (unpaired) electrons. The number of aromatic nitrogens is 1. The van der Waals surface area contributed by atoms with E-state index in [1.807, 2.05) is 25.1 Å². The van der Waals surface area contributed by atoms with Crippen molar-refractivity contribution < 1.29 is 9.90 Å². The average Bonchev–Trinajstić information content (AvgIpc) is 2.65. The molecule has 5 heteroatoms. The van der Waals surface area contributed by atoms with Crippen molar-refractivity contribution in [3.8, 4) is 0 Å². The summed E-state index contributed by atoms with van der Waals surface area (Å²) in [6.07, 6.45) is 0.542. The number of nitrogens with two attached hydrogens (primary N) is 1. The molecule has 17 heavy (non-hydrogen) atoms. The number of fused-ring (bicyclic) bond motifs is 1. The molecular formula is C12H14N2O2S. The highest BCUT2D eigenvalue weighted by atomic mass is 32.1. The molecule has 0 bridgehead atoms. The van der Waals surface area contributed by atoms with Gasteiger partial charge in [-0.1, -0.05) is 12.1 Å². The molecule has 0 fully saturated rings. The molecule has 0 saturated heterocycles. The van der Waals surface area contributed by atoms with Gasteiger partial charge in [0.05, 0.1) is 15.2 Å². The largest absolute Gasteiger partial charge is 0.481 e. The lowest BCUT2D eigenvalue weighted by atomic mass is 10.0. The average molecular weight is 250 g/mol. The molecular weight excluding hydrogens is 236 g/mol. The van der Waals surface area contributed by atoms with Gasteiger partial charge in [0.2, 0.25) is 0 Å². The summed E-state index contributed by atoms with van der Waals surface area (Å²) in [7, 11) is 0. The fourth-order valence-electron chi connectivity index (χ4n) is 1.81. The number of aryl methyl sites for hydroxylation is 1. The fraction of sp³-hybridized carbons (Fsp3) is 0.333. The van der Waals surface area contributed by atoms with E-state index in [2.05, 4.69) is 4.98 Å². The van der Waals surface area contributed by atoms with Crippen LogP contribution in [0.15, 0.2) is 18.2 Å². The minimum atomic E-state index is -0.812. The second-order valence-electron chi connectivity index (χ2n) is 3.97. The number of aliphatic carboxylic acids is 1. The number of hydrogen-bond donors (Lipinski definition) is 2. The molecule has 0 aliphatic rings. The first-order chi connectivity index (χ1) is 8.08. The van der Waals surface area contributed by atoms with E-state index in [9.17, 15) is 4.79 Å². The SMILES string of the molecule is Cc1nc2cccc(C(N)CCC(=O)O)c2s1. The molecule has 1 unspecified atom stereocenters. The summed E-state index contributed by atoms with van der Waals surface area (Å²) in [5.41, 5.74) is 7.97. The van der Waals surface area contributed by atoms with Crippen LogP contribution in [-0.4, -0.2) is 16.1 Å². The number of hydrogen-bond acceptors (Lipinski definition) is 4. The van der Waals surface area contributed by atoms with Gasteiger partial charge in [-0.2, -0.15) is 0 Å². The van der Waals surface area contributed by atoms with E-state index in [0.29, 0.717) is 6.42 Å². The van der Waals surface area contributed by atoms with Gasteiger partial charge in [-0.15, -0.1) is 11.3 Å². The van der Waals surface area contributed by atoms with Crippen molar-refractivity contribution in [2.45, 2.75) is 25.8 Å². The number of thiazole rings is 1. The van der Waals surface area contributed by atoms with Crippen molar-refractivity contribution in [1.82, 2.24) is 4.98 Å². The molecule has 0 saturated carbocycles. The van der Waals surface area contributed by atoms with E-state index >= 15 is 0 Å². The first-order valence-corrected chi connectivity index (χ1v) is 6.23. The van der Waals surface area contributed by atoms with Crippen LogP contribution in [0.4, 0.5) is 0 Å².